The van der Waals surface area contributed by atoms with Crippen molar-refractivity contribution in [2.24, 2.45) is 0 Å². The number of likely N-dealkylation sites (tertiary alicyclic amines) is 1. The van der Waals surface area contributed by atoms with Crippen molar-refractivity contribution in [1.82, 2.24) is 9.88 Å². The molecule has 2 aromatic heterocycles. The minimum atomic E-state index is -0.660. The van der Waals surface area contributed by atoms with Gasteiger partial charge in [-0.05, 0) is 66.9 Å². The van der Waals surface area contributed by atoms with Crippen LogP contribution < -0.4 is 10.6 Å². The Labute approximate surface area is 265 Å². The number of amides is 5. The van der Waals surface area contributed by atoms with Crippen molar-refractivity contribution in [3.8, 4) is 22.8 Å². The van der Waals surface area contributed by atoms with Gasteiger partial charge in [-0.2, -0.15) is 4.48 Å². The average molecular weight is 625 g/mol. The summed E-state index contributed by atoms with van der Waals surface area (Å²) in [6.07, 6.45) is 7.18. The molecule has 1 unspecified atom stereocenters. The first-order chi connectivity index (χ1) is 21.7. The summed E-state index contributed by atoms with van der Waals surface area (Å²) < 4.78 is 5.84. The first kappa shape index (κ1) is 30.2. The third-order valence-electron chi connectivity index (χ3n) is 8.59. The summed E-state index contributed by atoms with van der Waals surface area (Å²) >= 11 is 1.52. The lowest BCUT2D eigenvalue weighted by molar-refractivity contribution is -0.781. The molecule has 2 N–H and O–H groups in total. The van der Waals surface area contributed by atoms with E-state index in [-0.39, 0.29) is 40.7 Å². The molecule has 2 aliphatic heterocycles. The quantitative estimate of drug-likeness (QED) is 0.189. The Morgan fingerprint density at radius 1 is 1.00 bits per heavy atom. The minimum absolute atomic E-state index is 0.0492. The van der Waals surface area contributed by atoms with Gasteiger partial charge in [-0.3, -0.25) is 14.9 Å². The Morgan fingerprint density at radius 2 is 1.71 bits per heavy atom. The molecule has 3 atom stereocenters. The molecular weight excluding hydrogens is 590 g/mol. The van der Waals surface area contributed by atoms with Gasteiger partial charge < -0.3 is 14.6 Å². The van der Waals surface area contributed by atoms with E-state index in [4.69, 9.17) is 4.42 Å². The SMILES string of the molecule is CC(=O)[N+]1(C(=O)Nc2ccc(-c3cnc(-c4ccc(NC(=O)[C@@H]5C=CCN5C(=O)Cc5cccs5)cc4)o3)cc2)CCC[C@H]1C. The van der Waals surface area contributed by atoms with Crippen molar-refractivity contribution >= 4 is 46.5 Å². The van der Waals surface area contributed by atoms with E-state index in [1.165, 1.54) is 18.3 Å². The summed E-state index contributed by atoms with van der Waals surface area (Å²) in [4.78, 5) is 58.3. The molecule has 0 spiro atoms. The number of oxazole rings is 1. The molecule has 4 aromatic rings. The van der Waals surface area contributed by atoms with E-state index < -0.39 is 6.04 Å². The third-order valence-corrected chi connectivity index (χ3v) is 9.46. The Balaban J connectivity index is 1.07. The average Bonchev–Trinajstić information content (AvgIpc) is 3.85. The van der Waals surface area contributed by atoms with Gasteiger partial charge in [0.1, 0.15) is 12.1 Å². The molecule has 5 amide bonds. The number of carbonyl (C=O) groups excluding carboxylic acids is 4. The number of urea groups is 1. The maximum absolute atomic E-state index is 13.1. The van der Waals surface area contributed by atoms with Crippen molar-refractivity contribution < 1.29 is 28.1 Å². The van der Waals surface area contributed by atoms with Gasteiger partial charge in [-0.25, -0.2) is 14.6 Å². The Morgan fingerprint density at radius 3 is 2.36 bits per heavy atom. The third kappa shape index (κ3) is 6.09. The molecule has 0 bridgehead atoms. The second-order valence-corrected chi connectivity index (χ2v) is 12.4. The van der Waals surface area contributed by atoms with Crippen LogP contribution in [0.15, 0.2) is 88.8 Å². The van der Waals surface area contributed by atoms with Crippen LogP contribution >= 0.6 is 11.3 Å². The zero-order chi connectivity index (χ0) is 31.6. The number of nitrogens with zero attached hydrogens (tertiary/aromatic N) is 3. The molecule has 10 nitrogen and oxygen atoms in total. The van der Waals surface area contributed by atoms with Crippen molar-refractivity contribution in [2.75, 3.05) is 23.7 Å². The predicted octanol–water partition coefficient (Wildman–Crippen LogP) is 6.10. The Bertz CT molecular complexity index is 1750. The van der Waals surface area contributed by atoms with Crippen molar-refractivity contribution in [3.63, 3.8) is 0 Å². The van der Waals surface area contributed by atoms with Crippen LogP contribution in [0.5, 0.6) is 0 Å². The van der Waals surface area contributed by atoms with E-state index in [0.29, 0.717) is 36.1 Å². The summed E-state index contributed by atoms with van der Waals surface area (Å²) in [5.74, 6) is 0.466. The summed E-state index contributed by atoms with van der Waals surface area (Å²) in [5, 5.41) is 7.75. The number of rotatable bonds is 7. The van der Waals surface area contributed by atoms with E-state index in [2.05, 4.69) is 15.6 Å². The predicted molar refractivity (Wildman–Crippen MR) is 172 cm³/mol. The molecule has 4 heterocycles. The highest BCUT2D eigenvalue weighted by Crippen LogP contribution is 2.31. The van der Waals surface area contributed by atoms with Crippen molar-refractivity contribution in [3.05, 3.63) is 89.3 Å². The molecule has 11 heteroatoms. The molecule has 0 aliphatic carbocycles. The largest absolute Gasteiger partial charge is 0.436 e. The highest BCUT2D eigenvalue weighted by atomic mass is 32.1. The first-order valence-corrected chi connectivity index (χ1v) is 15.8. The molecule has 2 aromatic carbocycles. The lowest BCUT2D eigenvalue weighted by Gasteiger charge is -2.31. The van der Waals surface area contributed by atoms with Gasteiger partial charge in [0.05, 0.1) is 26.1 Å². The molecule has 0 saturated carbocycles. The smallest absolute Gasteiger partial charge is 0.428 e. The second kappa shape index (κ2) is 12.6. The molecule has 2 aliphatic rings. The summed E-state index contributed by atoms with van der Waals surface area (Å²) in [6, 6.07) is 17.2. The second-order valence-electron chi connectivity index (χ2n) is 11.4. The van der Waals surface area contributed by atoms with Crippen molar-refractivity contribution in [2.45, 2.75) is 45.2 Å². The number of carbonyl (C=O) groups is 4. The zero-order valence-electron chi connectivity index (χ0n) is 25.1. The molecule has 0 radical (unpaired) electrons. The van der Waals surface area contributed by atoms with Crippen LogP contribution in [0.1, 0.15) is 31.6 Å². The van der Waals surface area contributed by atoms with Gasteiger partial charge in [0.2, 0.25) is 11.8 Å². The van der Waals surface area contributed by atoms with Crippen LogP contribution in [0.2, 0.25) is 0 Å². The van der Waals surface area contributed by atoms with Gasteiger partial charge in [0, 0.05) is 46.8 Å². The van der Waals surface area contributed by atoms with Gasteiger partial charge in [-0.1, -0.05) is 18.2 Å². The number of hydrogen-bond acceptors (Lipinski definition) is 7. The lowest BCUT2D eigenvalue weighted by atomic mass is 10.1. The van der Waals surface area contributed by atoms with E-state index in [1.807, 2.05) is 42.6 Å². The first-order valence-electron chi connectivity index (χ1n) is 14.9. The molecule has 1 saturated heterocycles. The van der Waals surface area contributed by atoms with Gasteiger partial charge >= 0.3 is 11.9 Å². The summed E-state index contributed by atoms with van der Waals surface area (Å²) in [5.41, 5.74) is 2.71. The standard InChI is InChI=1S/C34H33N5O5S/c1-22-6-4-18-39(22,23(2)40)34(43)37-27-13-9-24(10-14-27)30-21-35-33(44-30)25-11-15-26(16-12-25)36-32(42)29-8-3-17-38(29)31(41)20-28-7-5-19-45-28/h3,5,7-16,19,21-22,29H,4,6,17-18,20H2,1-2H3,(H-,35,36,37,42,43)/p+1/t22-,29+,39?/m1/s1. The van der Waals surface area contributed by atoms with Gasteiger partial charge in [-0.15, -0.1) is 11.3 Å². The number of nitrogens with one attached hydrogen (secondary N) is 2. The molecule has 1 fully saturated rings. The number of thiophene rings is 1. The number of anilines is 2. The summed E-state index contributed by atoms with van der Waals surface area (Å²) in [6.45, 7) is 4.35. The van der Waals surface area contributed by atoms with Crippen LogP contribution in [0, 0.1) is 0 Å². The Kier molecular flexibility index (Phi) is 8.46. The molecule has 45 heavy (non-hydrogen) atoms. The topological polar surface area (TPSA) is 122 Å². The van der Waals surface area contributed by atoms with Gasteiger partial charge in [0.15, 0.2) is 5.76 Å². The number of aromatic nitrogens is 1. The monoisotopic (exact) mass is 624 g/mol. The van der Waals surface area contributed by atoms with Crippen LogP contribution in [0.4, 0.5) is 16.2 Å². The lowest BCUT2D eigenvalue weighted by Crippen LogP contribution is -2.59. The van der Waals surface area contributed by atoms with Crippen LogP contribution in [-0.2, 0) is 20.8 Å². The number of imide groups is 1. The fraction of sp³-hybridized carbons (Fsp3) is 0.265. The molecular formula is C34H34N5O5S+. The van der Waals surface area contributed by atoms with E-state index in [9.17, 15) is 19.2 Å². The fourth-order valence-corrected chi connectivity index (χ4v) is 6.75. The van der Waals surface area contributed by atoms with E-state index in [0.717, 1.165) is 28.8 Å². The van der Waals surface area contributed by atoms with Crippen LogP contribution in [0.3, 0.4) is 0 Å². The minimum Gasteiger partial charge on any atom is -0.436 e. The summed E-state index contributed by atoms with van der Waals surface area (Å²) in [7, 11) is 0. The normalized spacial score (nSPS) is 20.7. The van der Waals surface area contributed by atoms with Crippen molar-refractivity contribution in [1.29, 1.82) is 0 Å². The van der Waals surface area contributed by atoms with E-state index in [1.54, 1.807) is 53.6 Å². The van der Waals surface area contributed by atoms with Gasteiger partial charge in [0.25, 0.3) is 5.91 Å². The number of hydrogen-bond donors (Lipinski definition) is 2. The number of quaternary nitrogens is 1. The Hall–Kier alpha value is -4.87. The molecule has 6 rings (SSSR count). The van der Waals surface area contributed by atoms with Crippen LogP contribution in [-0.4, -0.2) is 63.3 Å². The molecule has 230 valence electrons. The van der Waals surface area contributed by atoms with Crippen LogP contribution in [0.25, 0.3) is 22.8 Å². The van der Waals surface area contributed by atoms with E-state index >= 15 is 0 Å². The maximum Gasteiger partial charge on any atom is 0.428 e. The number of benzene rings is 2. The zero-order valence-corrected chi connectivity index (χ0v) is 25.9. The maximum atomic E-state index is 13.1. The highest BCUT2D eigenvalue weighted by molar-refractivity contribution is 7.10. The highest BCUT2D eigenvalue weighted by Gasteiger charge is 2.50. The fourth-order valence-electron chi connectivity index (χ4n) is 6.05.